The third kappa shape index (κ3) is 6.80. The summed E-state index contributed by atoms with van der Waals surface area (Å²) in [4.78, 5) is 35.7. The average Bonchev–Trinajstić information content (AvgIpc) is 2.70. The smallest absolute Gasteiger partial charge is 0.338 e. The number of benzene rings is 2. The molecule has 0 aliphatic rings. The maximum atomic E-state index is 12.2. The van der Waals surface area contributed by atoms with Crippen molar-refractivity contribution in [2.45, 2.75) is 13.0 Å². The van der Waals surface area contributed by atoms with Crippen LogP contribution in [0.2, 0.25) is 20.1 Å². The van der Waals surface area contributed by atoms with Crippen molar-refractivity contribution in [3.05, 3.63) is 55.5 Å². The number of aromatic hydroxyl groups is 2. The van der Waals surface area contributed by atoms with Crippen molar-refractivity contribution < 1.29 is 38.8 Å². The molecule has 2 N–H and O–H groups in total. The molecular weight excluding hydrogens is 498 g/mol. The maximum absolute atomic E-state index is 12.2. The summed E-state index contributed by atoms with van der Waals surface area (Å²) in [7, 11) is 0. The highest BCUT2D eigenvalue weighted by Gasteiger charge is 2.21. The molecule has 0 amide bonds. The number of halogens is 4. The first-order chi connectivity index (χ1) is 14.5. The number of hydrogen-bond donors (Lipinski definition) is 2. The monoisotopic (exact) mass is 510 g/mol. The average molecular weight is 512 g/mol. The fourth-order valence-electron chi connectivity index (χ4n) is 2.22. The largest absolute Gasteiger partial charge is 0.505 e. The fraction of sp³-hybridized carbons (Fsp3) is 0.211. The standard InChI is InChI=1S/C19H14Cl4O8/c1-8(24)31-11(6-29-18(27)9-2-12(20)16(25)13(21)3-9)7-30-19(28)10-4-14(22)17(26)15(23)5-10/h2-5,11,25-26H,6-7H2,1H3. The molecule has 2 aromatic carbocycles. The van der Waals surface area contributed by atoms with E-state index in [1.165, 1.54) is 0 Å². The van der Waals surface area contributed by atoms with E-state index in [2.05, 4.69) is 0 Å². The van der Waals surface area contributed by atoms with Crippen molar-refractivity contribution in [3.63, 3.8) is 0 Å². The number of carbonyl (C=O) groups is 3. The second-order valence-corrected chi connectivity index (χ2v) is 7.63. The van der Waals surface area contributed by atoms with Gasteiger partial charge in [-0.25, -0.2) is 9.59 Å². The molecular formula is C19H14Cl4O8. The van der Waals surface area contributed by atoms with Crippen LogP contribution in [0.4, 0.5) is 0 Å². The lowest BCUT2D eigenvalue weighted by atomic mass is 10.2. The first-order valence-corrected chi connectivity index (χ1v) is 9.88. The van der Waals surface area contributed by atoms with Crippen molar-refractivity contribution in [1.29, 1.82) is 0 Å². The van der Waals surface area contributed by atoms with E-state index in [4.69, 9.17) is 60.6 Å². The Morgan fingerprint density at radius 1 is 0.774 bits per heavy atom. The first kappa shape index (κ1) is 24.9. The number of ether oxygens (including phenoxy) is 3. The zero-order valence-corrected chi connectivity index (χ0v) is 18.7. The van der Waals surface area contributed by atoms with E-state index in [1.54, 1.807) is 0 Å². The second-order valence-electron chi connectivity index (χ2n) is 6.01. The van der Waals surface area contributed by atoms with E-state index in [9.17, 15) is 24.6 Å². The number of carbonyl (C=O) groups excluding carboxylic acids is 3. The van der Waals surface area contributed by atoms with E-state index >= 15 is 0 Å². The van der Waals surface area contributed by atoms with Crippen LogP contribution in [0.5, 0.6) is 11.5 Å². The Morgan fingerprint density at radius 2 is 1.10 bits per heavy atom. The number of hydrogen-bond acceptors (Lipinski definition) is 8. The summed E-state index contributed by atoms with van der Waals surface area (Å²) >= 11 is 23.1. The van der Waals surface area contributed by atoms with Gasteiger partial charge in [0.05, 0.1) is 31.2 Å². The Kier molecular flexibility index (Phi) is 8.64. The molecule has 0 spiro atoms. The molecule has 0 bridgehead atoms. The van der Waals surface area contributed by atoms with E-state index in [1.807, 2.05) is 0 Å². The predicted octanol–water partition coefficient (Wildman–Crippen LogP) is 4.66. The van der Waals surface area contributed by atoms with E-state index < -0.39 is 37.2 Å². The van der Waals surface area contributed by atoms with Gasteiger partial charge in [0.2, 0.25) is 0 Å². The highest BCUT2D eigenvalue weighted by Crippen LogP contribution is 2.33. The Hall–Kier alpha value is -2.39. The van der Waals surface area contributed by atoms with Gasteiger partial charge in [-0.15, -0.1) is 0 Å². The highest BCUT2D eigenvalue weighted by atomic mass is 35.5. The van der Waals surface area contributed by atoms with Crippen LogP contribution < -0.4 is 0 Å². The molecule has 2 aromatic rings. The molecule has 0 aliphatic heterocycles. The maximum Gasteiger partial charge on any atom is 0.338 e. The van der Waals surface area contributed by atoms with Crippen LogP contribution in [-0.2, 0) is 19.0 Å². The van der Waals surface area contributed by atoms with Crippen LogP contribution in [0, 0.1) is 0 Å². The van der Waals surface area contributed by atoms with Gasteiger partial charge in [-0.05, 0) is 24.3 Å². The van der Waals surface area contributed by atoms with E-state index in [-0.39, 0.29) is 42.7 Å². The summed E-state index contributed by atoms with van der Waals surface area (Å²) < 4.78 is 15.1. The third-order valence-electron chi connectivity index (χ3n) is 3.64. The van der Waals surface area contributed by atoms with Gasteiger partial charge in [0.25, 0.3) is 0 Å². The number of phenolic OH excluding ortho intramolecular Hbond substituents is 2. The summed E-state index contributed by atoms with van der Waals surface area (Å²) in [5, 5.41) is 18.5. The molecule has 0 radical (unpaired) electrons. The topological polar surface area (TPSA) is 119 Å². The Balaban J connectivity index is 2.03. The number of phenols is 2. The Labute approximate surface area is 196 Å². The first-order valence-electron chi connectivity index (χ1n) is 8.37. The number of esters is 3. The van der Waals surface area contributed by atoms with Crippen molar-refractivity contribution in [3.8, 4) is 11.5 Å². The lowest BCUT2D eigenvalue weighted by molar-refractivity contribution is -0.151. The van der Waals surface area contributed by atoms with Crippen LogP contribution >= 0.6 is 46.4 Å². The lowest BCUT2D eigenvalue weighted by Gasteiger charge is -2.17. The quantitative estimate of drug-likeness (QED) is 0.407. The van der Waals surface area contributed by atoms with Crippen molar-refractivity contribution >= 4 is 64.3 Å². The molecule has 2 rings (SSSR count). The lowest BCUT2D eigenvalue weighted by Crippen LogP contribution is -2.30. The minimum absolute atomic E-state index is 0.0558. The summed E-state index contributed by atoms with van der Waals surface area (Å²) in [5.74, 6) is -3.23. The van der Waals surface area contributed by atoms with Gasteiger partial charge in [-0.3, -0.25) is 4.79 Å². The van der Waals surface area contributed by atoms with Gasteiger partial charge in [-0.1, -0.05) is 46.4 Å². The van der Waals surface area contributed by atoms with Gasteiger partial charge < -0.3 is 24.4 Å². The summed E-state index contributed by atoms with van der Waals surface area (Å²) in [5.41, 5.74) is -0.112. The molecule has 31 heavy (non-hydrogen) atoms. The molecule has 0 aliphatic carbocycles. The molecule has 0 unspecified atom stereocenters. The summed E-state index contributed by atoms with van der Waals surface area (Å²) in [6.45, 7) is 0.202. The third-order valence-corrected chi connectivity index (χ3v) is 4.79. The van der Waals surface area contributed by atoms with Gasteiger partial charge in [-0.2, -0.15) is 0 Å². The van der Waals surface area contributed by atoms with Gasteiger partial charge in [0, 0.05) is 6.92 Å². The highest BCUT2D eigenvalue weighted by molar-refractivity contribution is 6.38. The Morgan fingerprint density at radius 3 is 1.39 bits per heavy atom. The van der Waals surface area contributed by atoms with Crippen molar-refractivity contribution in [2.24, 2.45) is 0 Å². The summed E-state index contributed by atoms with van der Waals surface area (Å²) in [6.07, 6.45) is -1.13. The molecule has 8 nitrogen and oxygen atoms in total. The molecule has 0 saturated carbocycles. The molecule has 0 fully saturated rings. The molecule has 12 heteroatoms. The fourth-order valence-corrected chi connectivity index (χ4v) is 3.20. The molecule has 0 aromatic heterocycles. The van der Waals surface area contributed by atoms with Crippen LogP contribution in [0.25, 0.3) is 0 Å². The van der Waals surface area contributed by atoms with E-state index in [0.29, 0.717) is 0 Å². The van der Waals surface area contributed by atoms with Crippen molar-refractivity contribution in [1.82, 2.24) is 0 Å². The molecule has 0 saturated heterocycles. The van der Waals surface area contributed by atoms with Crippen LogP contribution in [0.3, 0.4) is 0 Å². The van der Waals surface area contributed by atoms with Crippen LogP contribution in [0.1, 0.15) is 27.6 Å². The minimum Gasteiger partial charge on any atom is -0.505 e. The van der Waals surface area contributed by atoms with E-state index in [0.717, 1.165) is 31.2 Å². The van der Waals surface area contributed by atoms with Gasteiger partial charge in [0.15, 0.2) is 17.6 Å². The normalized spacial score (nSPS) is 10.6. The molecule has 0 heterocycles. The SMILES string of the molecule is CC(=O)OC(COC(=O)c1cc(Cl)c(O)c(Cl)c1)COC(=O)c1cc(Cl)c(O)c(Cl)c1. The molecule has 166 valence electrons. The number of rotatable bonds is 7. The zero-order chi connectivity index (χ0) is 23.3. The molecule has 0 atom stereocenters. The van der Waals surface area contributed by atoms with Crippen LogP contribution in [0.15, 0.2) is 24.3 Å². The predicted molar refractivity (Wildman–Crippen MR) is 112 cm³/mol. The van der Waals surface area contributed by atoms with Gasteiger partial charge in [0.1, 0.15) is 13.2 Å². The Bertz CT molecular complexity index is 904. The van der Waals surface area contributed by atoms with Crippen LogP contribution in [-0.4, -0.2) is 47.4 Å². The zero-order valence-electron chi connectivity index (χ0n) is 15.7. The van der Waals surface area contributed by atoms with Crippen molar-refractivity contribution in [2.75, 3.05) is 13.2 Å². The minimum atomic E-state index is -1.13. The second kappa shape index (κ2) is 10.8. The summed E-state index contributed by atoms with van der Waals surface area (Å²) in [6, 6.07) is 4.57. The van der Waals surface area contributed by atoms with Gasteiger partial charge >= 0.3 is 17.9 Å².